The van der Waals surface area contributed by atoms with Gasteiger partial charge in [0.25, 0.3) is 0 Å². The second-order valence-electron chi connectivity index (χ2n) is 5.18. The van der Waals surface area contributed by atoms with Crippen LogP contribution in [0.25, 0.3) is 0 Å². The van der Waals surface area contributed by atoms with Crippen LogP contribution in [-0.4, -0.2) is 36.0 Å². The normalized spacial score (nSPS) is 29.3. The van der Waals surface area contributed by atoms with E-state index >= 15 is 0 Å². The van der Waals surface area contributed by atoms with E-state index in [4.69, 9.17) is 0 Å². The molecule has 0 aromatic heterocycles. The lowest BCUT2D eigenvalue weighted by Gasteiger charge is -2.39. The molecule has 15 heavy (non-hydrogen) atoms. The van der Waals surface area contributed by atoms with E-state index in [1.54, 1.807) is 0 Å². The van der Waals surface area contributed by atoms with Crippen molar-refractivity contribution in [2.75, 3.05) is 13.1 Å². The molecule has 0 spiro atoms. The first-order valence-electron chi connectivity index (χ1n) is 5.97. The van der Waals surface area contributed by atoms with Crippen LogP contribution in [0.4, 0.5) is 0 Å². The second-order valence-corrected chi connectivity index (χ2v) is 5.18. The fourth-order valence-corrected chi connectivity index (χ4v) is 1.88. The summed E-state index contributed by atoms with van der Waals surface area (Å²) in [5.74, 6) is 0.874. The summed E-state index contributed by atoms with van der Waals surface area (Å²) in [7, 11) is 0. The number of piperazine rings is 1. The topological polar surface area (TPSA) is 32.3 Å². The van der Waals surface area contributed by atoms with Crippen molar-refractivity contribution < 1.29 is 4.79 Å². The van der Waals surface area contributed by atoms with E-state index in [0.29, 0.717) is 23.9 Å². The molecule has 1 N–H and O–H groups in total. The standard InChI is InChI=1S/C12H24N2O/c1-8(2)11(5)12(15)14-7-9(3)13-6-10(14)4/h8-11,13H,6-7H2,1-5H3. The van der Waals surface area contributed by atoms with Crippen LogP contribution in [0.1, 0.15) is 34.6 Å². The summed E-state index contributed by atoms with van der Waals surface area (Å²) in [5, 5.41) is 3.39. The minimum absolute atomic E-state index is 0.137. The molecular weight excluding hydrogens is 188 g/mol. The van der Waals surface area contributed by atoms with Gasteiger partial charge in [-0.2, -0.15) is 0 Å². The van der Waals surface area contributed by atoms with E-state index in [1.807, 2.05) is 11.8 Å². The molecule has 3 unspecified atom stereocenters. The summed E-state index contributed by atoms with van der Waals surface area (Å²) in [6.07, 6.45) is 0. The lowest BCUT2D eigenvalue weighted by molar-refractivity contribution is -0.139. The van der Waals surface area contributed by atoms with Crippen LogP contribution in [0, 0.1) is 11.8 Å². The van der Waals surface area contributed by atoms with Crippen LogP contribution in [0.15, 0.2) is 0 Å². The fourth-order valence-electron chi connectivity index (χ4n) is 1.88. The molecule has 1 saturated heterocycles. The number of hydrogen-bond donors (Lipinski definition) is 1. The molecule has 1 fully saturated rings. The van der Waals surface area contributed by atoms with Crippen LogP contribution in [0.5, 0.6) is 0 Å². The quantitative estimate of drug-likeness (QED) is 0.752. The Morgan fingerprint density at radius 3 is 2.47 bits per heavy atom. The molecule has 3 atom stereocenters. The Labute approximate surface area is 93.2 Å². The molecule has 1 aliphatic rings. The number of nitrogens with zero attached hydrogens (tertiary/aromatic N) is 1. The van der Waals surface area contributed by atoms with Gasteiger partial charge in [-0.1, -0.05) is 20.8 Å². The number of carbonyl (C=O) groups is 1. The molecule has 0 saturated carbocycles. The minimum atomic E-state index is 0.137. The van der Waals surface area contributed by atoms with E-state index < -0.39 is 0 Å². The van der Waals surface area contributed by atoms with E-state index in [9.17, 15) is 4.79 Å². The first-order chi connectivity index (χ1) is 6.93. The van der Waals surface area contributed by atoms with Gasteiger partial charge in [-0.25, -0.2) is 0 Å². The molecular formula is C12H24N2O. The Kier molecular flexibility index (Phi) is 4.14. The molecule has 0 aromatic rings. The maximum atomic E-state index is 12.2. The lowest BCUT2D eigenvalue weighted by Crippen LogP contribution is -2.57. The van der Waals surface area contributed by atoms with Crippen LogP contribution in [0.2, 0.25) is 0 Å². The van der Waals surface area contributed by atoms with Crippen molar-refractivity contribution in [1.29, 1.82) is 0 Å². The van der Waals surface area contributed by atoms with Gasteiger partial charge in [0.2, 0.25) is 5.91 Å². The zero-order valence-electron chi connectivity index (χ0n) is 10.6. The molecule has 3 heteroatoms. The minimum Gasteiger partial charge on any atom is -0.337 e. The highest BCUT2D eigenvalue weighted by Gasteiger charge is 2.30. The molecule has 0 aromatic carbocycles. The van der Waals surface area contributed by atoms with Crippen molar-refractivity contribution >= 4 is 5.91 Å². The molecule has 1 heterocycles. The molecule has 1 rings (SSSR count). The van der Waals surface area contributed by atoms with Gasteiger partial charge >= 0.3 is 0 Å². The van der Waals surface area contributed by atoms with E-state index in [1.165, 1.54) is 0 Å². The summed E-state index contributed by atoms with van der Waals surface area (Å²) < 4.78 is 0. The molecule has 0 radical (unpaired) electrons. The smallest absolute Gasteiger partial charge is 0.225 e. The predicted molar refractivity (Wildman–Crippen MR) is 62.6 cm³/mol. The maximum Gasteiger partial charge on any atom is 0.225 e. The van der Waals surface area contributed by atoms with Crippen molar-refractivity contribution in [3.8, 4) is 0 Å². The first kappa shape index (κ1) is 12.5. The Bertz CT molecular complexity index is 228. The molecule has 1 amide bonds. The van der Waals surface area contributed by atoms with Gasteiger partial charge in [-0.3, -0.25) is 4.79 Å². The first-order valence-corrected chi connectivity index (χ1v) is 5.97. The third-order valence-electron chi connectivity index (χ3n) is 3.44. The molecule has 1 aliphatic heterocycles. The monoisotopic (exact) mass is 212 g/mol. The third kappa shape index (κ3) is 2.94. The lowest BCUT2D eigenvalue weighted by atomic mass is 9.95. The van der Waals surface area contributed by atoms with Crippen molar-refractivity contribution in [2.45, 2.75) is 46.7 Å². The van der Waals surface area contributed by atoms with E-state index in [-0.39, 0.29) is 5.92 Å². The average Bonchev–Trinajstić information content (AvgIpc) is 2.19. The van der Waals surface area contributed by atoms with E-state index in [0.717, 1.165) is 13.1 Å². The van der Waals surface area contributed by atoms with Crippen molar-refractivity contribution in [3.05, 3.63) is 0 Å². The largest absolute Gasteiger partial charge is 0.337 e. The molecule has 0 bridgehead atoms. The van der Waals surface area contributed by atoms with Crippen LogP contribution in [0.3, 0.4) is 0 Å². The predicted octanol–water partition coefficient (Wildman–Crippen LogP) is 1.49. The number of carbonyl (C=O) groups excluding carboxylic acids is 1. The SMILES string of the molecule is CC1CN(C(=O)C(C)C(C)C)C(C)CN1. The second kappa shape index (κ2) is 4.97. The van der Waals surface area contributed by atoms with Crippen LogP contribution < -0.4 is 5.32 Å². The number of hydrogen-bond acceptors (Lipinski definition) is 2. The zero-order valence-corrected chi connectivity index (χ0v) is 10.6. The van der Waals surface area contributed by atoms with Gasteiger partial charge < -0.3 is 10.2 Å². The van der Waals surface area contributed by atoms with Gasteiger partial charge in [0, 0.05) is 31.1 Å². The maximum absolute atomic E-state index is 12.2. The summed E-state index contributed by atoms with van der Waals surface area (Å²) in [6.45, 7) is 12.3. The summed E-state index contributed by atoms with van der Waals surface area (Å²) in [4.78, 5) is 14.2. The van der Waals surface area contributed by atoms with Crippen molar-refractivity contribution in [2.24, 2.45) is 11.8 Å². The third-order valence-corrected chi connectivity index (χ3v) is 3.44. The Morgan fingerprint density at radius 1 is 1.33 bits per heavy atom. The number of nitrogens with one attached hydrogen (secondary N) is 1. The van der Waals surface area contributed by atoms with Gasteiger partial charge in [0.1, 0.15) is 0 Å². The van der Waals surface area contributed by atoms with Gasteiger partial charge in [-0.15, -0.1) is 0 Å². The Hall–Kier alpha value is -0.570. The molecule has 88 valence electrons. The van der Waals surface area contributed by atoms with Crippen LogP contribution >= 0.6 is 0 Å². The molecule has 0 aliphatic carbocycles. The number of amides is 1. The van der Waals surface area contributed by atoms with Gasteiger partial charge in [-0.05, 0) is 19.8 Å². The van der Waals surface area contributed by atoms with Gasteiger partial charge in [0.05, 0.1) is 0 Å². The Morgan fingerprint density at radius 2 is 1.93 bits per heavy atom. The summed E-state index contributed by atoms with van der Waals surface area (Å²) in [6, 6.07) is 0.749. The Balaban J connectivity index is 2.64. The van der Waals surface area contributed by atoms with Crippen molar-refractivity contribution in [3.63, 3.8) is 0 Å². The summed E-state index contributed by atoms with van der Waals surface area (Å²) >= 11 is 0. The van der Waals surface area contributed by atoms with Crippen LogP contribution in [-0.2, 0) is 4.79 Å². The zero-order chi connectivity index (χ0) is 11.6. The fraction of sp³-hybridized carbons (Fsp3) is 0.917. The van der Waals surface area contributed by atoms with Gasteiger partial charge in [0.15, 0.2) is 0 Å². The highest BCUT2D eigenvalue weighted by atomic mass is 16.2. The summed E-state index contributed by atoms with van der Waals surface area (Å²) in [5.41, 5.74) is 0. The van der Waals surface area contributed by atoms with Crippen molar-refractivity contribution in [1.82, 2.24) is 10.2 Å². The van der Waals surface area contributed by atoms with E-state index in [2.05, 4.69) is 33.0 Å². The molecule has 3 nitrogen and oxygen atoms in total. The average molecular weight is 212 g/mol. The highest BCUT2D eigenvalue weighted by molar-refractivity contribution is 5.79. The number of rotatable bonds is 2. The highest BCUT2D eigenvalue weighted by Crippen LogP contribution is 2.17.